The maximum atomic E-state index is 12.6. The van der Waals surface area contributed by atoms with E-state index in [0.29, 0.717) is 24.7 Å². The molecule has 1 aliphatic heterocycles. The van der Waals surface area contributed by atoms with E-state index in [0.717, 1.165) is 66.8 Å². The van der Waals surface area contributed by atoms with Gasteiger partial charge in [-0.05, 0) is 60.2 Å². The molecule has 1 aliphatic rings. The van der Waals surface area contributed by atoms with E-state index in [1.807, 2.05) is 85.1 Å². The summed E-state index contributed by atoms with van der Waals surface area (Å²) in [6, 6.07) is 23.9. The maximum absolute atomic E-state index is 12.6. The third-order valence-corrected chi connectivity index (χ3v) is 7.32. The Morgan fingerprint density at radius 3 is 2.46 bits per heavy atom. The van der Waals surface area contributed by atoms with E-state index < -0.39 is 0 Å². The van der Waals surface area contributed by atoms with Gasteiger partial charge in [0.2, 0.25) is 0 Å². The van der Waals surface area contributed by atoms with Gasteiger partial charge in [0.25, 0.3) is 0 Å². The van der Waals surface area contributed by atoms with Gasteiger partial charge in [-0.15, -0.1) is 0 Å². The Morgan fingerprint density at radius 1 is 0.974 bits per heavy atom. The molecule has 7 heteroatoms. The number of hydrogen-bond donors (Lipinski definition) is 1. The zero-order valence-corrected chi connectivity index (χ0v) is 22.8. The fourth-order valence-electron chi connectivity index (χ4n) is 5.22. The highest BCUT2D eigenvalue weighted by Crippen LogP contribution is 2.25. The molecule has 0 bridgehead atoms. The highest BCUT2D eigenvalue weighted by Gasteiger charge is 2.23. The topological polar surface area (TPSA) is 76.6 Å². The van der Waals surface area contributed by atoms with Crippen LogP contribution in [0.5, 0.6) is 5.75 Å². The van der Waals surface area contributed by atoms with E-state index in [9.17, 15) is 9.59 Å². The first kappa shape index (κ1) is 26.8. The van der Waals surface area contributed by atoms with Crippen LogP contribution in [0.3, 0.4) is 0 Å². The summed E-state index contributed by atoms with van der Waals surface area (Å²) in [7, 11) is 0. The van der Waals surface area contributed by atoms with E-state index in [4.69, 9.17) is 9.47 Å². The van der Waals surface area contributed by atoms with Crippen molar-refractivity contribution in [2.45, 2.75) is 39.2 Å². The number of H-pyrrole nitrogens is 1. The van der Waals surface area contributed by atoms with Crippen LogP contribution in [0, 0.1) is 5.92 Å². The summed E-state index contributed by atoms with van der Waals surface area (Å²) in [5, 5.41) is 0. The van der Waals surface area contributed by atoms with Crippen LogP contribution in [0.25, 0.3) is 11.0 Å². The number of nitrogens with one attached hydrogen (secondary N) is 1. The molecule has 0 radical (unpaired) electrons. The van der Waals surface area contributed by atoms with Crippen molar-refractivity contribution >= 4 is 17.0 Å². The second-order valence-corrected chi connectivity index (χ2v) is 10.7. The quantitative estimate of drug-likeness (QED) is 0.278. The SMILES string of the molecule is CC(C)COC(=O)c1ccc(Cc2ccccc2OCCN2CCC(n3c(=O)[nH]c4ccccc43)CC2)cc1. The number of imidazole rings is 1. The monoisotopic (exact) mass is 527 g/mol. The van der Waals surface area contributed by atoms with Crippen molar-refractivity contribution in [2.24, 2.45) is 5.92 Å². The fraction of sp³-hybridized carbons (Fsp3) is 0.375. The number of carbonyl (C=O) groups is 1. The average molecular weight is 528 g/mol. The van der Waals surface area contributed by atoms with Crippen molar-refractivity contribution in [3.05, 3.63) is 100.0 Å². The third kappa shape index (κ3) is 6.60. The molecule has 1 aromatic heterocycles. The fourth-order valence-corrected chi connectivity index (χ4v) is 5.22. The normalized spacial score (nSPS) is 14.6. The van der Waals surface area contributed by atoms with Gasteiger partial charge in [-0.1, -0.05) is 56.3 Å². The lowest BCUT2D eigenvalue weighted by atomic mass is 10.0. The van der Waals surface area contributed by atoms with Crippen molar-refractivity contribution < 1.29 is 14.3 Å². The molecule has 5 rings (SSSR count). The Balaban J connectivity index is 1.12. The molecule has 0 unspecified atom stereocenters. The molecule has 3 aromatic carbocycles. The van der Waals surface area contributed by atoms with E-state index >= 15 is 0 Å². The number of ether oxygens (including phenoxy) is 2. The van der Waals surface area contributed by atoms with Gasteiger partial charge in [-0.3, -0.25) is 9.47 Å². The van der Waals surface area contributed by atoms with E-state index in [1.165, 1.54) is 0 Å². The summed E-state index contributed by atoms with van der Waals surface area (Å²) < 4.78 is 13.5. The summed E-state index contributed by atoms with van der Waals surface area (Å²) in [5.74, 6) is 0.919. The summed E-state index contributed by atoms with van der Waals surface area (Å²) >= 11 is 0. The molecule has 2 heterocycles. The molecule has 1 N–H and O–H groups in total. The number of rotatable bonds is 10. The van der Waals surface area contributed by atoms with Crippen LogP contribution in [0.15, 0.2) is 77.6 Å². The van der Waals surface area contributed by atoms with Crippen molar-refractivity contribution in [2.75, 3.05) is 32.8 Å². The standard InChI is InChI=1S/C32H37N3O4/c1-23(2)22-39-31(36)25-13-11-24(12-14-25)21-26-7-3-6-10-30(26)38-20-19-34-17-15-27(16-18-34)35-29-9-5-4-8-28(29)33-32(35)37/h3-14,23,27H,15-22H2,1-2H3,(H,33,37). The largest absolute Gasteiger partial charge is 0.492 e. The zero-order valence-electron chi connectivity index (χ0n) is 22.8. The molecule has 7 nitrogen and oxygen atoms in total. The molecular formula is C32H37N3O4. The van der Waals surface area contributed by atoms with Gasteiger partial charge >= 0.3 is 11.7 Å². The Labute approximate surface area is 229 Å². The van der Waals surface area contributed by atoms with Crippen LogP contribution in [-0.2, 0) is 11.2 Å². The van der Waals surface area contributed by atoms with Crippen LogP contribution in [0.2, 0.25) is 0 Å². The molecule has 0 saturated carbocycles. The van der Waals surface area contributed by atoms with Crippen LogP contribution < -0.4 is 10.4 Å². The number of hydrogen-bond acceptors (Lipinski definition) is 5. The number of nitrogens with zero attached hydrogens (tertiary/aromatic N) is 2. The number of likely N-dealkylation sites (tertiary alicyclic amines) is 1. The average Bonchev–Trinajstić information content (AvgIpc) is 3.29. The van der Waals surface area contributed by atoms with Crippen molar-refractivity contribution in [1.29, 1.82) is 0 Å². The number of fused-ring (bicyclic) bond motifs is 1. The molecule has 1 fully saturated rings. The third-order valence-electron chi connectivity index (χ3n) is 7.32. The van der Waals surface area contributed by atoms with Crippen molar-refractivity contribution in [3.63, 3.8) is 0 Å². The van der Waals surface area contributed by atoms with E-state index in [2.05, 4.69) is 16.0 Å². The lowest BCUT2D eigenvalue weighted by molar-refractivity contribution is 0.0459. The van der Waals surface area contributed by atoms with Gasteiger partial charge in [-0.25, -0.2) is 9.59 Å². The molecule has 1 saturated heterocycles. The highest BCUT2D eigenvalue weighted by molar-refractivity contribution is 5.89. The van der Waals surface area contributed by atoms with Crippen molar-refractivity contribution in [1.82, 2.24) is 14.5 Å². The minimum atomic E-state index is -0.281. The van der Waals surface area contributed by atoms with Gasteiger partial charge < -0.3 is 14.5 Å². The van der Waals surface area contributed by atoms with Gasteiger partial charge in [0.15, 0.2) is 0 Å². The lowest BCUT2D eigenvalue weighted by Crippen LogP contribution is -2.38. The van der Waals surface area contributed by atoms with Gasteiger partial charge in [0.05, 0.1) is 23.2 Å². The predicted octanol–water partition coefficient (Wildman–Crippen LogP) is 5.45. The molecule has 0 atom stereocenters. The van der Waals surface area contributed by atoms with Gasteiger partial charge in [0, 0.05) is 32.1 Å². The number of aromatic nitrogens is 2. The lowest BCUT2D eigenvalue weighted by Gasteiger charge is -2.32. The van der Waals surface area contributed by atoms with Crippen LogP contribution in [-0.4, -0.2) is 53.3 Å². The van der Waals surface area contributed by atoms with Gasteiger partial charge in [0.1, 0.15) is 12.4 Å². The number of carbonyl (C=O) groups excluding carboxylic acids is 1. The summed E-state index contributed by atoms with van der Waals surface area (Å²) in [4.78, 5) is 30.2. The molecule has 4 aromatic rings. The first-order valence-corrected chi connectivity index (χ1v) is 13.9. The first-order chi connectivity index (χ1) is 19.0. The van der Waals surface area contributed by atoms with Crippen LogP contribution in [0.4, 0.5) is 0 Å². The number of piperidine rings is 1. The number of aromatic amines is 1. The molecule has 39 heavy (non-hydrogen) atoms. The summed E-state index contributed by atoms with van der Waals surface area (Å²) in [6.45, 7) is 7.79. The molecular weight excluding hydrogens is 490 g/mol. The Morgan fingerprint density at radius 2 is 1.69 bits per heavy atom. The summed E-state index contributed by atoms with van der Waals surface area (Å²) in [6.07, 6.45) is 2.61. The van der Waals surface area contributed by atoms with E-state index in [-0.39, 0.29) is 17.7 Å². The molecule has 0 spiro atoms. The van der Waals surface area contributed by atoms with Gasteiger partial charge in [-0.2, -0.15) is 0 Å². The molecule has 0 amide bonds. The summed E-state index contributed by atoms with van der Waals surface area (Å²) in [5.41, 5.74) is 4.67. The second kappa shape index (κ2) is 12.3. The predicted molar refractivity (Wildman–Crippen MR) is 154 cm³/mol. The Bertz CT molecular complexity index is 1450. The first-order valence-electron chi connectivity index (χ1n) is 13.9. The smallest absolute Gasteiger partial charge is 0.338 e. The number of para-hydroxylation sites is 3. The highest BCUT2D eigenvalue weighted by atomic mass is 16.5. The Kier molecular flexibility index (Phi) is 8.47. The minimum absolute atomic E-state index is 0.0183. The molecule has 0 aliphatic carbocycles. The molecule has 204 valence electrons. The van der Waals surface area contributed by atoms with E-state index in [1.54, 1.807) is 0 Å². The number of esters is 1. The Hall–Kier alpha value is -3.84. The zero-order chi connectivity index (χ0) is 27.2. The van der Waals surface area contributed by atoms with Crippen LogP contribution in [0.1, 0.15) is 54.2 Å². The number of benzene rings is 3. The van der Waals surface area contributed by atoms with Crippen molar-refractivity contribution in [3.8, 4) is 5.75 Å². The second-order valence-electron chi connectivity index (χ2n) is 10.7. The minimum Gasteiger partial charge on any atom is -0.492 e. The maximum Gasteiger partial charge on any atom is 0.338 e. The van der Waals surface area contributed by atoms with Crippen LogP contribution >= 0.6 is 0 Å².